The van der Waals surface area contributed by atoms with Crippen LogP contribution in [0, 0.1) is 23.5 Å². The Morgan fingerprint density at radius 1 is 1.33 bits per heavy atom. The zero-order chi connectivity index (χ0) is 15.0. The van der Waals surface area contributed by atoms with Crippen molar-refractivity contribution in [2.75, 3.05) is 19.6 Å². The smallest absolute Gasteiger partial charge is 0.227 e. The van der Waals surface area contributed by atoms with Gasteiger partial charge in [0.15, 0.2) is 11.6 Å². The van der Waals surface area contributed by atoms with Gasteiger partial charge in [0.1, 0.15) is 0 Å². The Labute approximate surface area is 123 Å². The molecule has 0 aromatic heterocycles. The number of halogens is 2. The molecule has 3 unspecified atom stereocenters. The predicted octanol–water partition coefficient (Wildman–Crippen LogP) is 1.96. The van der Waals surface area contributed by atoms with Crippen LogP contribution in [0.4, 0.5) is 8.78 Å². The fourth-order valence-corrected chi connectivity index (χ4v) is 3.76. The quantitative estimate of drug-likeness (QED) is 0.924. The van der Waals surface area contributed by atoms with Crippen LogP contribution in [0.3, 0.4) is 0 Å². The van der Waals surface area contributed by atoms with Gasteiger partial charge in [-0.05, 0) is 36.0 Å². The van der Waals surface area contributed by atoms with E-state index in [2.05, 4.69) is 12.2 Å². The van der Waals surface area contributed by atoms with E-state index < -0.39 is 11.6 Å². The lowest BCUT2D eigenvalue weighted by atomic mass is 9.93. The number of likely N-dealkylation sites (tertiary alicyclic amines) is 1. The maximum absolute atomic E-state index is 13.2. The van der Waals surface area contributed by atoms with Gasteiger partial charge in [0, 0.05) is 25.7 Å². The number of carbonyl (C=O) groups is 1. The van der Waals surface area contributed by atoms with Crippen molar-refractivity contribution in [1.82, 2.24) is 10.2 Å². The van der Waals surface area contributed by atoms with Crippen LogP contribution in [0.5, 0.6) is 0 Å². The summed E-state index contributed by atoms with van der Waals surface area (Å²) in [5.41, 5.74) is 0.531. The summed E-state index contributed by atoms with van der Waals surface area (Å²) in [5.74, 6) is -0.690. The number of rotatable bonds is 3. The van der Waals surface area contributed by atoms with E-state index in [1.807, 2.05) is 4.90 Å². The summed E-state index contributed by atoms with van der Waals surface area (Å²) in [6.45, 7) is 4.82. The van der Waals surface area contributed by atoms with Gasteiger partial charge < -0.3 is 10.2 Å². The SMILES string of the molecule is CCC1C2CNCC2CN1C(=O)Cc1ccc(F)c(F)c1. The Morgan fingerprint density at radius 3 is 2.86 bits per heavy atom. The van der Waals surface area contributed by atoms with Gasteiger partial charge in [-0.2, -0.15) is 0 Å². The summed E-state index contributed by atoms with van der Waals surface area (Å²) in [6.07, 6.45) is 1.08. The second-order valence-electron chi connectivity index (χ2n) is 6.03. The Kier molecular flexibility index (Phi) is 3.93. The van der Waals surface area contributed by atoms with Gasteiger partial charge >= 0.3 is 0 Å². The van der Waals surface area contributed by atoms with Crippen molar-refractivity contribution in [2.45, 2.75) is 25.8 Å². The molecule has 2 saturated heterocycles. The van der Waals surface area contributed by atoms with Crippen LogP contribution in [0.2, 0.25) is 0 Å². The van der Waals surface area contributed by atoms with Crippen molar-refractivity contribution in [3.8, 4) is 0 Å². The zero-order valence-electron chi connectivity index (χ0n) is 12.1. The fraction of sp³-hybridized carbons (Fsp3) is 0.562. The second kappa shape index (κ2) is 5.72. The van der Waals surface area contributed by atoms with Crippen LogP contribution < -0.4 is 5.32 Å². The number of benzene rings is 1. The number of hydrogen-bond acceptors (Lipinski definition) is 2. The van der Waals surface area contributed by atoms with E-state index in [9.17, 15) is 13.6 Å². The molecule has 2 aliphatic heterocycles. The van der Waals surface area contributed by atoms with Gasteiger partial charge in [0.05, 0.1) is 6.42 Å². The first-order chi connectivity index (χ1) is 10.1. The topological polar surface area (TPSA) is 32.3 Å². The molecule has 0 saturated carbocycles. The number of fused-ring (bicyclic) bond motifs is 1. The van der Waals surface area contributed by atoms with Gasteiger partial charge in [-0.3, -0.25) is 4.79 Å². The van der Waals surface area contributed by atoms with E-state index in [0.29, 0.717) is 17.4 Å². The minimum absolute atomic E-state index is 0.0160. The Morgan fingerprint density at radius 2 is 2.14 bits per heavy atom. The number of hydrogen-bond donors (Lipinski definition) is 1. The van der Waals surface area contributed by atoms with Gasteiger partial charge in [-0.25, -0.2) is 8.78 Å². The average Bonchev–Trinajstić information content (AvgIpc) is 3.02. The molecule has 1 amide bonds. The highest BCUT2D eigenvalue weighted by atomic mass is 19.2. The molecule has 5 heteroatoms. The van der Waals surface area contributed by atoms with Gasteiger partial charge in [-0.15, -0.1) is 0 Å². The third-order valence-electron chi connectivity index (χ3n) is 4.80. The molecule has 3 nitrogen and oxygen atoms in total. The maximum Gasteiger partial charge on any atom is 0.227 e. The number of amides is 1. The predicted molar refractivity (Wildman–Crippen MR) is 75.7 cm³/mol. The molecule has 0 bridgehead atoms. The van der Waals surface area contributed by atoms with Crippen LogP contribution in [-0.4, -0.2) is 36.5 Å². The minimum Gasteiger partial charge on any atom is -0.339 e. The van der Waals surface area contributed by atoms with Crippen LogP contribution in [0.1, 0.15) is 18.9 Å². The third kappa shape index (κ3) is 2.67. The van der Waals surface area contributed by atoms with Crippen LogP contribution in [0.15, 0.2) is 18.2 Å². The van der Waals surface area contributed by atoms with Gasteiger partial charge in [0.2, 0.25) is 5.91 Å². The minimum atomic E-state index is -0.894. The molecule has 0 spiro atoms. The van der Waals surface area contributed by atoms with Gasteiger partial charge in [-0.1, -0.05) is 13.0 Å². The van der Waals surface area contributed by atoms with Crippen LogP contribution in [-0.2, 0) is 11.2 Å². The highest BCUT2D eigenvalue weighted by Gasteiger charge is 2.44. The van der Waals surface area contributed by atoms with Crippen LogP contribution in [0.25, 0.3) is 0 Å². The average molecular weight is 294 g/mol. The molecule has 1 aromatic carbocycles. The standard InChI is InChI=1S/C16H20F2N2O/c1-2-15-12-8-19-7-11(12)9-20(15)16(21)6-10-3-4-13(17)14(18)5-10/h3-5,11-12,15,19H,2,6-9H2,1H3. The number of carbonyl (C=O) groups excluding carboxylic acids is 1. The highest BCUT2D eigenvalue weighted by Crippen LogP contribution is 2.34. The lowest BCUT2D eigenvalue weighted by Gasteiger charge is -2.27. The van der Waals surface area contributed by atoms with E-state index in [4.69, 9.17) is 0 Å². The maximum atomic E-state index is 13.2. The summed E-state index contributed by atoms with van der Waals surface area (Å²) in [7, 11) is 0. The molecule has 3 atom stereocenters. The molecular weight excluding hydrogens is 274 g/mol. The molecule has 2 fully saturated rings. The Hall–Kier alpha value is -1.49. The zero-order valence-corrected chi connectivity index (χ0v) is 12.1. The number of nitrogens with one attached hydrogen (secondary N) is 1. The van der Waals surface area contributed by atoms with E-state index in [1.54, 1.807) is 0 Å². The normalized spacial score (nSPS) is 28.0. The van der Waals surface area contributed by atoms with Crippen LogP contribution >= 0.6 is 0 Å². The summed E-state index contributed by atoms with van der Waals surface area (Å²) < 4.78 is 26.2. The lowest BCUT2D eigenvalue weighted by molar-refractivity contribution is -0.131. The molecule has 2 aliphatic rings. The fourth-order valence-electron chi connectivity index (χ4n) is 3.76. The van der Waals surface area contributed by atoms with Crippen molar-refractivity contribution < 1.29 is 13.6 Å². The van der Waals surface area contributed by atoms with E-state index in [-0.39, 0.29) is 18.4 Å². The van der Waals surface area contributed by atoms with E-state index in [1.165, 1.54) is 6.07 Å². The Balaban J connectivity index is 1.71. The summed E-state index contributed by atoms with van der Waals surface area (Å²) >= 11 is 0. The van der Waals surface area contributed by atoms with E-state index >= 15 is 0 Å². The molecule has 114 valence electrons. The first kappa shape index (κ1) is 14.4. The van der Waals surface area contributed by atoms with E-state index in [0.717, 1.165) is 38.2 Å². The molecule has 1 aromatic rings. The Bertz CT molecular complexity index is 549. The monoisotopic (exact) mass is 294 g/mol. The largest absolute Gasteiger partial charge is 0.339 e. The molecular formula is C16H20F2N2O. The van der Waals surface area contributed by atoms with Crippen molar-refractivity contribution >= 4 is 5.91 Å². The molecule has 0 aliphatic carbocycles. The molecule has 3 rings (SSSR count). The number of nitrogens with zero attached hydrogens (tertiary/aromatic N) is 1. The molecule has 21 heavy (non-hydrogen) atoms. The molecule has 2 heterocycles. The summed E-state index contributed by atoms with van der Waals surface area (Å²) in [5, 5.41) is 3.38. The first-order valence-electron chi connectivity index (χ1n) is 7.54. The molecule has 1 N–H and O–H groups in total. The van der Waals surface area contributed by atoms with Crippen molar-refractivity contribution in [2.24, 2.45) is 11.8 Å². The van der Waals surface area contributed by atoms with Crippen molar-refractivity contribution in [1.29, 1.82) is 0 Å². The summed E-state index contributed by atoms with van der Waals surface area (Å²) in [6, 6.07) is 3.95. The first-order valence-corrected chi connectivity index (χ1v) is 7.54. The van der Waals surface area contributed by atoms with Crippen molar-refractivity contribution in [3.63, 3.8) is 0 Å². The lowest BCUT2D eigenvalue weighted by Crippen LogP contribution is -2.40. The third-order valence-corrected chi connectivity index (χ3v) is 4.80. The molecule has 0 radical (unpaired) electrons. The van der Waals surface area contributed by atoms with Gasteiger partial charge in [0.25, 0.3) is 0 Å². The summed E-state index contributed by atoms with van der Waals surface area (Å²) in [4.78, 5) is 14.4. The highest BCUT2D eigenvalue weighted by molar-refractivity contribution is 5.79. The van der Waals surface area contributed by atoms with Crippen molar-refractivity contribution in [3.05, 3.63) is 35.4 Å². The second-order valence-corrected chi connectivity index (χ2v) is 6.03.